The number of nitriles is 1. The Morgan fingerprint density at radius 2 is 1.65 bits per heavy atom. The van der Waals surface area contributed by atoms with Crippen LogP contribution in [0.1, 0.15) is 16.7 Å². The van der Waals surface area contributed by atoms with Crippen LogP contribution in [0.4, 0.5) is 32.0 Å². The van der Waals surface area contributed by atoms with Crippen molar-refractivity contribution in [1.29, 1.82) is 5.26 Å². The molecule has 1 aromatic carbocycles. The SMILES string of the molecule is Cc1cc(N2N=C(C(F)(F)F)C(C(O)C(F)(F)F)C2O)cc(C)c1C#N. The molecule has 1 aliphatic rings. The highest BCUT2D eigenvalue weighted by atomic mass is 19.4. The van der Waals surface area contributed by atoms with Crippen molar-refractivity contribution in [3.8, 4) is 6.07 Å². The molecule has 0 fully saturated rings. The Balaban J connectivity index is 2.56. The number of aryl methyl sites for hydroxylation is 2. The van der Waals surface area contributed by atoms with Crippen LogP contribution in [0.15, 0.2) is 17.2 Å². The van der Waals surface area contributed by atoms with E-state index < -0.39 is 36.3 Å². The lowest BCUT2D eigenvalue weighted by Crippen LogP contribution is -2.49. The minimum atomic E-state index is -5.38. The maximum absolute atomic E-state index is 13.1. The minimum absolute atomic E-state index is 0.134. The number of hydrogen-bond donors (Lipinski definition) is 2. The van der Waals surface area contributed by atoms with Gasteiger partial charge in [-0.3, -0.25) is 0 Å². The summed E-state index contributed by atoms with van der Waals surface area (Å²) in [4.78, 5) is 0. The number of nitrogens with zero attached hydrogens (tertiary/aromatic N) is 3. The second kappa shape index (κ2) is 6.44. The van der Waals surface area contributed by atoms with E-state index in [4.69, 9.17) is 5.26 Å². The molecule has 0 aliphatic carbocycles. The molecule has 5 nitrogen and oxygen atoms in total. The highest BCUT2D eigenvalue weighted by Gasteiger charge is 2.58. The molecule has 26 heavy (non-hydrogen) atoms. The number of hydrogen-bond acceptors (Lipinski definition) is 5. The van der Waals surface area contributed by atoms with Gasteiger partial charge in [0.1, 0.15) is 0 Å². The first-order chi connectivity index (χ1) is 11.8. The topological polar surface area (TPSA) is 79.8 Å². The van der Waals surface area contributed by atoms with Crippen molar-refractivity contribution < 1.29 is 36.6 Å². The summed E-state index contributed by atoms with van der Waals surface area (Å²) in [7, 11) is 0. The molecular weight excluding hydrogens is 368 g/mol. The van der Waals surface area contributed by atoms with Gasteiger partial charge in [-0.05, 0) is 37.1 Å². The summed E-state index contributed by atoms with van der Waals surface area (Å²) in [6.07, 6.45) is -16.5. The number of halogens is 6. The number of hydrazone groups is 1. The van der Waals surface area contributed by atoms with E-state index in [9.17, 15) is 36.6 Å². The largest absolute Gasteiger partial charge is 0.431 e. The van der Waals surface area contributed by atoms with Crippen LogP contribution >= 0.6 is 0 Å². The van der Waals surface area contributed by atoms with E-state index in [-0.39, 0.29) is 11.3 Å². The highest BCUT2D eigenvalue weighted by Crippen LogP contribution is 2.40. The van der Waals surface area contributed by atoms with Crippen LogP contribution in [0.5, 0.6) is 0 Å². The van der Waals surface area contributed by atoms with Crippen molar-refractivity contribution in [2.45, 2.75) is 38.5 Å². The van der Waals surface area contributed by atoms with Crippen LogP contribution in [0, 0.1) is 31.1 Å². The average Bonchev–Trinajstić information content (AvgIpc) is 2.82. The summed E-state index contributed by atoms with van der Waals surface area (Å²) in [5.74, 6) is -2.73. The molecule has 142 valence electrons. The molecule has 0 spiro atoms. The van der Waals surface area contributed by atoms with Gasteiger partial charge in [0.2, 0.25) is 0 Å². The summed E-state index contributed by atoms with van der Waals surface area (Å²) in [6, 6.07) is 4.32. The molecule has 0 aromatic heterocycles. The third kappa shape index (κ3) is 3.47. The number of alkyl halides is 6. The van der Waals surface area contributed by atoms with E-state index >= 15 is 0 Å². The fraction of sp³-hybridized carbons (Fsp3) is 0.467. The van der Waals surface area contributed by atoms with Crippen LogP contribution in [0.25, 0.3) is 0 Å². The van der Waals surface area contributed by atoms with Crippen LogP contribution in [0.3, 0.4) is 0 Å². The number of anilines is 1. The fourth-order valence-electron chi connectivity index (χ4n) is 2.76. The van der Waals surface area contributed by atoms with Crippen molar-refractivity contribution in [3.05, 3.63) is 28.8 Å². The van der Waals surface area contributed by atoms with Crippen LogP contribution in [-0.4, -0.2) is 40.6 Å². The van der Waals surface area contributed by atoms with Gasteiger partial charge < -0.3 is 10.2 Å². The third-order valence-corrected chi connectivity index (χ3v) is 3.96. The third-order valence-electron chi connectivity index (χ3n) is 3.96. The number of aliphatic hydroxyl groups excluding tert-OH is 2. The lowest BCUT2D eigenvalue weighted by molar-refractivity contribution is -0.221. The molecule has 0 amide bonds. The molecule has 1 aromatic rings. The summed E-state index contributed by atoms with van der Waals surface area (Å²) in [6.45, 7) is 2.96. The van der Waals surface area contributed by atoms with Crippen molar-refractivity contribution in [1.82, 2.24) is 0 Å². The summed E-state index contributed by atoms with van der Waals surface area (Å²) >= 11 is 0. The molecule has 11 heteroatoms. The second-order valence-electron chi connectivity index (χ2n) is 5.82. The Morgan fingerprint density at radius 3 is 2.04 bits per heavy atom. The molecule has 3 unspecified atom stereocenters. The summed E-state index contributed by atoms with van der Waals surface area (Å²) in [5.41, 5.74) is -1.13. The lowest BCUT2D eigenvalue weighted by atomic mass is 9.94. The predicted molar refractivity (Wildman–Crippen MR) is 78.2 cm³/mol. The maximum atomic E-state index is 13.1. The van der Waals surface area contributed by atoms with Gasteiger partial charge in [0.15, 0.2) is 18.0 Å². The zero-order valence-corrected chi connectivity index (χ0v) is 13.4. The molecule has 1 aliphatic heterocycles. The van der Waals surface area contributed by atoms with Gasteiger partial charge in [-0.15, -0.1) is 0 Å². The Hall–Kier alpha value is -2.32. The van der Waals surface area contributed by atoms with E-state index in [0.29, 0.717) is 16.1 Å². The molecule has 1 heterocycles. The highest BCUT2D eigenvalue weighted by molar-refractivity contribution is 5.95. The van der Waals surface area contributed by atoms with Crippen LogP contribution in [0.2, 0.25) is 0 Å². The van der Waals surface area contributed by atoms with Crippen molar-refractivity contribution in [3.63, 3.8) is 0 Å². The van der Waals surface area contributed by atoms with Gasteiger partial charge >= 0.3 is 12.4 Å². The first kappa shape index (κ1) is 20.0. The van der Waals surface area contributed by atoms with Crippen molar-refractivity contribution >= 4 is 11.4 Å². The average molecular weight is 381 g/mol. The van der Waals surface area contributed by atoms with E-state index in [0.717, 1.165) is 0 Å². The standard InChI is InChI=1S/C15H13F6N3O2/c1-6-3-8(4-7(2)9(6)5-22)24-13(26)10(12(25)15(19,20)21)11(23-24)14(16,17)18/h3-4,10,12-13,25-26H,1-2H3. The fourth-order valence-corrected chi connectivity index (χ4v) is 2.76. The van der Waals surface area contributed by atoms with E-state index in [1.807, 2.05) is 6.07 Å². The minimum Gasteiger partial charge on any atom is -0.383 e. The molecule has 0 radical (unpaired) electrons. The van der Waals surface area contributed by atoms with Gasteiger partial charge in [0.25, 0.3) is 0 Å². The molecule has 0 saturated heterocycles. The summed E-state index contributed by atoms with van der Waals surface area (Å²) in [5, 5.41) is 31.8. The van der Waals surface area contributed by atoms with Gasteiger partial charge in [0.05, 0.1) is 23.2 Å². The molecule has 3 atom stereocenters. The van der Waals surface area contributed by atoms with E-state index in [1.165, 1.54) is 26.0 Å². The molecule has 0 saturated carbocycles. The smallest absolute Gasteiger partial charge is 0.383 e. The maximum Gasteiger partial charge on any atom is 0.431 e. The quantitative estimate of drug-likeness (QED) is 0.773. The number of rotatable bonds is 2. The molecule has 0 bridgehead atoms. The predicted octanol–water partition coefficient (Wildman–Crippen LogP) is 2.77. The molecule has 2 N–H and O–H groups in total. The van der Waals surface area contributed by atoms with Gasteiger partial charge in [-0.2, -0.15) is 36.7 Å². The van der Waals surface area contributed by atoms with Crippen molar-refractivity contribution in [2.24, 2.45) is 11.0 Å². The first-order valence-corrected chi connectivity index (χ1v) is 7.18. The summed E-state index contributed by atoms with van der Waals surface area (Å²) < 4.78 is 77.6. The first-order valence-electron chi connectivity index (χ1n) is 7.18. The Morgan fingerprint density at radius 1 is 1.15 bits per heavy atom. The Labute approximate surface area is 143 Å². The van der Waals surface area contributed by atoms with Gasteiger partial charge in [0, 0.05) is 0 Å². The van der Waals surface area contributed by atoms with Crippen molar-refractivity contribution in [2.75, 3.05) is 5.01 Å². The monoisotopic (exact) mass is 381 g/mol. The Bertz CT molecular complexity index is 758. The molecule has 2 rings (SSSR count). The zero-order valence-electron chi connectivity index (χ0n) is 13.4. The Kier molecular flexibility index (Phi) is 4.95. The lowest BCUT2D eigenvalue weighted by Gasteiger charge is -2.28. The molecular formula is C15H13F6N3O2. The normalized spacial score (nSPS) is 22.2. The van der Waals surface area contributed by atoms with Crippen LogP contribution < -0.4 is 5.01 Å². The van der Waals surface area contributed by atoms with Crippen LogP contribution in [-0.2, 0) is 0 Å². The number of aliphatic hydroxyl groups is 2. The number of benzene rings is 1. The van der Waals surface area contributed by atoms with Gasteiger partial charge in [-0.25, -0.2) is 5.01 Å². The van der Waals surface area contributed by atoms with E-state index in [2.05, 4.69) is 5.10 Å². The van der Waals surface area contributed by atoms with E-state index in [1.54, 1.807) is 0 Å². The zero-order chi connectivity index (χ0) is 20.0. The van der Waals surface area contributed by atoms with Gasteiger partial charge in [-0.1, -0.05) is 0 Å². The second-order valence-corrected chi connectivity index (χ2v) is 5.82.